The van der Waals surface area contributed by atoms with E-state index < -0.39 is 17.6 Å². The molecule has 2 amide bonds. The predicted octanol–water partition coefficient (Wildman–Crippen LogP) is 2.45. The van der Waals surface area contributed by atoms with Gasteiger partial charge in [0.1, 0.15) is 5.78 Å². The summed E-state index contributed by atoms with van der Waals surface area (Å²) in [6.07, 6.45) is 3.34. The standard InChI is InChI=1S/C18H18N2O4/c1-3-12(9-19)13-4-5-15-14(8-13)6-7-18(15)16(22)20(10-11(2)21)17(23)24-18/h3-5,8-9,19H,6-7,10H2,1-2H3/b12-3+,19-9?/t18-/m1/s1. The number of benzene rings is 1. The Labute approximate surface area is 139 Å². The van der Waals surface area contributed by atoms with Gasteiger partial charge in [0, 0.05) is 18.2 Å². The molecule has 0 bridgehead atoms. The Kier molecular flexibility index (Phi) is 3.83. The fourth-order valence-corrected chi connectivity index (χ4v) is 3.39. The number of amides is 2. The van der Waals surface area contributed by atoms with E-state index in [1.807, 2.05) is 25.1 Å². The summed E-state index contributed by atoms with van der Waals surface area (Å²) in [4.78, 5) is 37.0. The molecule has 1 aromatic rings. The van der Waals surface area contributed by atoms with Crippen LogP contribution in [0.5, 0.6) is 0 Å². The SMILES string of the molecule is C/C=C(\C=N)c1ccc2c(c1)CC[C@@]21OC(=O)N(CC(C)=O)C1=O. The Balaban J connectivity index is 2.01. The van der Waals surface area contributed by atoms with Crippen LogP contribution < -0.4 is 0 Å². The van der Waals surface area contributed by atoms with Crippen LogP contribution in [-0.2, 0) is 26.3 Å². The number of imide groups is 1. The third-order valence-corrected chi connectivity index (χ3v) is 4.54. The summed E-state index contributed by atoms with van der Waals surface area (Å²) in [5.41, 5.74) is 1.98. The summed E-state index contributed by atoms with van der Waals surface area (Å²) in [5.74, 6) is -0.734. The van der Waals surface area contributed by atoms with E-state index in [1.165, 1.54) is 13.1 Å². The van der Waals surface area contributed by atoms with E-state index in [9.17, 15) is 14.4 Å². The third-order valence-electron chi connectivity index (χ3n) is 4.54. The van der Waals surface area contributed by atoms with Crippen molar-refractivity contribution in [3.8, 4) is 0 Å². The lowest BCUT2D eigenvalue weighted by molar-refractivity contribution is -0.139. The summed E-state index contributed by atoms with van der Waals surface area (Å²) >= 11 is 0. The first-order valence-corrected chi connectivity index (χ1v) is 7.78. The van der Waals surface area contributed by atoms with Crippen molar-refractivity contribution in [3.63, 3.8) is 0 Å². The minimum atomic E-state index is -1.30. The molecule has 1 aliphatic carbocycles. The zero-order chi connectivity index (χ0) is 17.5. The Morgan fingerprint density at radius 2 is 2.17 bits per heavy atom. The van der Waals surface area contributed by atoms with Crippen molar-refractivity contribution in [1.29, 1.82) is 5.41 Å². The molecule has 1 aliphatic heterocycles. The first-order chi connectivity index (χ1) is 11.4. The number of nitrogens with one attached hydrogen (secondary N) is 1. The molecule has 6 nitrogen and oxygen atoms in total. The highest BCUT2D eigenvalue weighted by Crippen LogP contribution is 2.45. The smallest absolute Gasteiger partial charge is 0.418 e. The van der Waals surface area contributed by atoms with Gasteiger partial charge in [-0.15, -0.1) is 0 Å². The van der Waals surface area contributed by atoms with E-state index in [1.54, 1.807) is 6.07 Å². The summed E-state index contributed by atoms with van der Waals surface area (Å²) in [7, 11) is 0. The molecule has 1 spiro atoms. The van der Waals surface area contributed by atoms with Gasteiger partial charge in [-0.05, 0) is 37.0 Å². The molecule has 1 N–H and O–H groups in total. The first kappa shape index (κ1) is 16.1. The largest absolute Gasteiger partial charge is 0.427 e. The van der Waals surface area contributed by atoms with Crippen molar-refractivity contribution in [1.82, 2.24) is 4.90 Å². The molecule has 124 valence electrons. The molecule has 24 heavy (non-hydrogen) atoms. The Morgan fingerprint density at radius 3 is 2.79 bits per heavy atom. The van der Waals surface area contributed by atoms with Gasteiger partial charge in [0.25, 0.3) is 5.91 Å². The van der Waals surface area contributed by atoms with Crippen molar-refractivity contribution in [3.05, 3.63) is 41.0 Å². The summed E-state index contributed by atoms with van der Waals surface area (Å²) in [6.45, 7) is 2.93. The Bertz CT molecular complexity index is 796. The van der Waals surface area contributed by atoms with Crippen LogP contribution in [0.25, 0.3) is 5.57 Å². The molecule has 0 unspecified atom stereocenters. The molecule has 1 saturated heterocycles. The molecule has 1 aromatic carbocycles. The van der Waals surface area contributed by atoms with Crippen molar-refractivity contribution in [2.45, 2.75) is 32.3 Å². The topological polar surface area (TPSA) is 87.5 Å². The molecule has 1 fully saturated rings. The molecule has 3 rings (SSSR count). The highest BCUT2D eigenvalue weighted by Gasteiger charge is 2.58. The van der Waals surface area contributed by atoms with E-state index >= 15 is 0 Å². The normalized spacial score (nSPS) is 22.8. The number of carbonyl (C=O) groups is 3. The minimum absolute atomic E-state index is 0.261. The van der Waals surface area contributed by atoms with Gasteiger partial charge in [0.2, 0.25) is 5.60 Å². The second kappa shape index (κ2) is 5.70. The molecular weight excluding hydrogens is 308 g/mol. The van der Waals surface area contributed by atoms with Crippen LogP contribution in [0.3, 0.4) is 0 Å². The van der Waals surface area contributed by atoms with Crippen molar-refractivity contribution in [2.24, 2.45) is 0 Å². The van der Waals surface area contributed by atoms with Crippen LogP contribution >= 0.6 is 0 Å². The van der Waals surface area contributed by atoms with E-state index in [0.717, 1.165) is 21.6 Å². The monoisotopic (exact) mass is 326 g/mol. The zero-order valence-corrected chi connectivity index (χ0v) is 13.6. The van der Waals surface area contributed by atoms with Gasteiger partial charge in [-0.3, -0.25) is 9.59 Å². The van der Waals surface area contributed by atoms with E-state index in [4.69, 9.17) is 10.1 Å². The van der Waals surface area contributed by atoms with Gasteiger partial charge in [-0.25, -0.2) is 9.69 Å². The second-order valence-electron chi connectivity index (χ2n) is 6.05. The number of fused-ring (bicyclic) bond motifs is 2. The lowest BCUT2D eigenvalue weighted by Gasteiger charge is -2.20. The quantitative estimate of drug-likeness (QED) is 0.861. The third kappa shape index (κ3) is 2.26. The summed E-state index contributed by atoms with van der Waals surface area (Å²) in [5, 5.41) is 7.45. The van der Waals surface area contributed by atoms with Gasteiger partial charge in [0.05, 0.1) is 6.54 Å². The van der Waals surface area contributed by atoms with Gasteiger partial charge in [-0.1, -0.05) is 24.3 Å². The van der Waals surface area contributed by atoms with Gasteiger partial charge in [-0.2, -0.15) is 0 Å². The van der Waals surface area contributed by atoms with Crippen LogP contribution in [0, 0.1) is 5.41 Å². The average molecular weight is 326 g/mol. The van der Waals surface area contributed by atoms with Crippen LogP contribution in [-0.4, -0.2) is 35.4 Å². The maximum absolute atomic E-state index is 12.7. The number of carbonyl (C=O) groups excluding carboxylic acids is 3. The molecule has 0 aromatic heterocycles. The molecular formula is C18H18N2O4. The van der Waals surface area contributed by atoms with Crippen LogP contribution in [0.1, 0.15) is 37.0 Å². The number of rotatable bonds is 4. The highest BCUT2D eigenvalue weighted by molar-refractivity contribution is 6.09. The Hall–Kier alpha value is -2.76. The number of allylic oxidation sites excluding steroid dienone is 2. The lowest BCUT2D eigenvalue weighted by Crippen LogP contribution is -2.39. The van der Waals surface area contributed by atoms with E-state index in [-0.39, 0.29) is 12.3 Å². The highest BCUT2D eigenvalue weighted by atomic mass is 16.6. The van der Waals surface area contributed by atoms with E-state index in [2.05, 4.69) is 0 Å². The van der Waals surface area contributed by atoms with Crippen molar-refractivity contribution in [2.75, 3.05) is 6.54 Å². The van der Waals surface area contributed by atoms with Crippen LogP contribution in [0.4, 0.5) is 4.79 Å². The van der Waals surface area contributed by atoms with Gasteiger partial charge in [0.15, 0.2) is 0 Å². The number of ketones is 1. The molecule has 6 heteroatoms. The summed E-state index contributed by atoms with van der Waals surface area (Å²) < 4.78 is 5.44. The fraction of sp³-hybridized carbons (Fsp3) is 0.333. The maximum Gasteiger partial charge on any atom is 0.418 e. The number of ether oxygens (including phenoxy) is 1. The maximum atomic E-state index is 12.7. The number of Topliss-reactive ketones (excluding diaryl/α,β-unsaturated/α-hetero) is 1. The molecule has 0 radical (unpaired) electrons. The van der Waals surface area contributed by atoms with E-state index in [0.29, 0.717) is 18.4 Å². The molecule has 2 aliphatic rings. The predicted molar refractivity (Wildman–Crippen MR) is 87.8 cm³/mol. The number of hydrogen-bond acceptors (Lipinski definition) is 5. The lowest BCUT2D eigenvalue weighted by atomic mass is 9.93. The van der Waals surface area contributed by atoms with Gasteiger partial charge < -0.3 is 10.1 Å². The minimum Gasteiger partial charge on any atom is -0.427 e. The van der Waals surface area contributed by atoms with Crippen molar-refractivity contribution < 1.29 is 19.1 Å². The second-order valence-corrected chi connectivity index (χ2v) is 6.05. The molecule has 1 atom stereocenters. The van der Waals surface area contributed by atoms with Crippen molar-refractivity contribution >= 4 is 29.6 Å². The molecule has 1 heterocycles. The molecule has 0 saturated carbocycles. The van der Waals surface area contributed by atoms with Crippen LogP contribution in [0.15, 0.2) is 24.3 Å². The summed E-state index contributed by atoms with van der Waals surface area (Å²) in [6, 6.07) is 5.54. The Morgan fingerprint density at radius 1 is 1.42 bits per heavy atom. The number of hydrogen-bond donors (Lipinski definition) is 1. The number of aryl methyl sites for hydroxylation is 1. The fourth-order valence-electron chi connectivity index (χ4n) is 3.39. The number of nitrogens with zero attached hydrogens (tertiary/aromatic N) is 1. The average Bonchev–Trinajstić information content (AvgIpc) is 3.02. The first-order valence-electron chi connectivity index (χ1n) is 7.78. The van der Waals surface area contributed by atoms with Crippen LogP contribution in [0.2, 0.25) is 0 Å². The zero-order valence-electron chi connectivity index (χ0n) is 13.6. The van der Waals surface area contributed by atoms with Gasteiger partial charge >= 0.3 is 6.09 Å².